The molecule has 8 nitrogen and oxygen atoms in total. The first kappa shape index (κ1) is 22.0. The molecule has 25 heavy (non-hydrogen) atoms. The normalized spacial score (nSPS) is 31.9. The van der Waals surface area contributed by atoms with Gasteiger partial charge in [0.25, 0.3) is 0 Å². The Morgan fingerprint density at radius 2 is 1.84 bits per heavy atom. The fourth-order valence-electron chi connectivity index (χ4n) is 2.32. The maximum atomic E-state index is 11.5. The van der Waals surface area contributed by atoms with E-state index in [-0.39, 0.29) is 6.10 Å². The van der Waals surface area contributed by atoms with Gasteiger partial charge in [-0.15, -0.1) is 0 Å². The molecule has 4 N–H and O–H groups in total. The summed E-state index contributed by atoms with van der Waals surface area (Å²) in [4.78, 5) is 11.5. The van der Waals surface area contributed by atoms with Crippen LogP contribution in [-0.2, 0) is 19.0 Å². The molecule has 1 fully saturated rings. The molecule has 1 aliphatic heterocycles. The molecule has 0 aromatic carbocycles. The van der Waals surface area contributed by atoms with Gasteiger partial charge in [-0.05, 0) is 40.5 Å². The van der Waals surface area contributed by atoms with E-state index in [0.29, 0.717) is 12.8 Å². The Hall–Kier alpha value is -1.03. The standard InChI is InChI=1S/C17H30O8/c1-10(7-5-6-8-12(19)25-17(2,3)4)23-16-15(22)14(21)13(20)11(9-18)24-16/h6,8,10-11,13-16,18,20-22H,5,7,9H2,1-4H3/b8-6+/t10?,11?,13-,14?,15+,16+/m1/s1. The number of hydrogen-bond donors (Lipinski definition) is 4. The minimum Gasteiger partial charge on any atom is -0.457 e. The largest absolute Gasteiger partial charge is 0.457 e. The average Bonchev–Trinajstić information content (AvgIpc) is 2.50. The second-order valence-electron chi connectivity index (χ2n) is 7.16. The van der Waals surface area contributed by atoms with Crippen molar-refractivity contribution in [1.82, 2.24) is 0 Å². The zero-order chi connectivity index (χ0) is 19.2. The van der Waals surface area contributed by atoms with Crippen LogP contribution in [0.3, 0.4) is 0 Å². The fourth-order valence-corrected chi connectivity index (χ4v) is 2.32. The molecule has 1 saturated heterocycles. The molecule has 0 saturated carbocycles. The average molecular weight is 362 g/mol. The Labute approximate surface area is 148 Å². The number of esters is 1. The molecule has 1 rings (SSSR count). The van der Waals surface area contributed by atoms with E-state index in [1.165, 1.54) is 6.08 Å². The van der Waals surface area contributed by atoms with E-state index < -0.39 is 48.9 Å². The van der Waals surface area contributed by atoms with Crippen LogP contribution in [0.2, 0.25) is 0 Å². The molecule has 0 radical (unpaired) electrons. The molecule has 0 amide bonds. The molecule has 0 aliphatic carbocycles. The highest BCUT2D eigenvalue weighted by Crippen LogP contribution is 2.23. The van der Waals surface area contributed by atoms with Gasteiger partial charge in [0.1, 0.15) is 30.0 Å². The number of carbonyl (C=O) groups excluding carboxylic acids is 1. The van der Waals surface area contributed by atoms with Crippen molar-refractivity contribution in [2.24, 2.45) is 0 Å². The predicted molar refractivity (Wildman–Crippen MR) is 88.5 cm³/mol. The quantitative estimate of drug-likeness (QED) is 0.364. The van der Waals surface area contributed by atoms with Crippen molar-refractivity contribution in [3.05, 3.63) is 12.2 Å². The first-order valence-electron chi connectivity index (χ1n) is 8.40. The lowest BCUT2D eigenvalue weighted by atomic mass is 9.99. The SMILES string of the molecule is CC(CC/C=C/C(=O)OC(C)(C)C)O[C@H]1OC(CO)[C@@H](O)C(O)[C@@H]1O. The van der Waals surface area contributed by atoms with Crippen LogP contribution in [-0.4, -0.2) is 75.4 Å². The van der Waals surface area contributed by atoms with Crippen LogP contribution in [0.1, 0.15) is 40.5 Å². The van der Waals surface area contributed by atoms with Crippen LogP contribution < -0.4 is 0 Å². The van der Waals surface area contributed by atoms with Gasteiger partial charge >= 0.3 is 5.97 Å². The molecule has 0 bridgehead atoms. The molecular weight excluding hydrogens is 332 g/mol. The minimum absolute atomic E-state index is 0.343. The number of aliphatic hydroxyl groups excluding tert-OH is 4. The summed E-state index contributed by atoms with van der Waals surface area (Å²) in [6.45, 7) is 6.61. The second-order valence-corrected chi connectivity index (χ2v) is 7.16. The predicted octanol–water partition coefficient (Wildman–Crippen LogP) is -0.131. The number of aliphatic hydroxyl groups is 4. The summed E-state index contributed by atoms with van der Waals surface area (Å²) in [6, 6.07) is 0. The first-order chi connectivity index (χ1) is 11.5. The number of ether oxygens (including phenoxy) is 3. The zero-order valence-corrected chi connectivity index (χ0v) is 15.2. The maximum Gasteiger partial charge on any atom is 0.330 e. The summed E-state index contributed by atoms with van der Waals surface area (Å²) >= 11 is 0. The summed E-state index contributed by atoms with van der Waals surface area (Å²) in [6.07, 6.45) is -2.69. The summed E-state index contributed by atoms with van der Waals surface area (Å²) in [7, 11) is 0. The van der Waals surface area contributed by atoms with E-state index >= 15 is 0 Å². The first-order valence-corrected chi connectivity index (χ1v) is 8.40. The minimum atomic E-state index is -1.46. The number of allylic oxidation sites excluding steroid dienone is 1. The summed E-state index contributed by atoms with van der Waals surface area (Å²) < 4.78 is 16.0. The van der Waals surface area contributed by atoms with E-state index in [1.54, 1.807) is 33.8 Å². The lowest BCUT2D eigenvalue weighted by Gasteiger charge is -2.40. The smallest absolute Gasteiger partial charge is 0.330 e. The summed E-state index contributed by atoms with van der Waals surface area (Å²) in [5, 5.41) is 38.5. The molecule has 0 spiro atoms. The van der Waals surface area contributed by atoms with Crippen molar-refractivity contribution < 1.29 is 39.4 Å². The summed E-state index contributed by atoms with van der Waals surface area (Å²) in [5.41, 5.74) is -0.541. The highest BCUT2D eigenvalue weighted by molar-refractivity contribution is 5.82. The van der Waals surface area contributed by atoms with E-state index in [4.69, 9.17) is 19.3 Å². The topological polar surface area (TPSA) is 126 Å². The van der Waals surface area contributed by atoms with Gasteiger partial charge in [-0.25, -0.2) is 4.79 Å². The van der Waals surface area contributed by atoms with Gasteiger partial charge in [0, 0.05) is 6.08 Å². The Morgan fingerprint density at radius 3 is 2.40 bits per heavy atom. The maximum absolute atomic E-state index is 11.5. The molecule has 6 atom stereocenters. The molecular formula is C17H30O8. The molecule has 0 aromatic heterocycles. The van der Waals surface area contributed by atoms with Gasteiger partial charge in [0.15, 0.2) is 6.29 Å². The van der Waals surface area contributed by atoms with E-state index in [2.05, 4.69) is 0 Å². The van der Waals surface area contributed by atoms with Gasteiger partial charge in [-0.3, -0.25) is 0 Å². The van der Waals surface area contributed by atoms with Crippen molar-refractivity contribution in [3.8, 4) is 0 Å². The number of carbonyl (C=O) groups is 1. The Bertz CT molecular complexity index is 442. The van der Waals surface area contributed by atoms with Crippen molar-refractivity contribution in [2.75, 3.05) is 6.61 Å². The lowest BCUT2D eigenvalue weighted by molar-refractivity contribution is -0.310. The molecule has 1 aliphatic rings. The Kier molecular flexibility index (Phi) is 8.46. The van der Waals surface area contributed by atoms with Gasteiger partial charge in [0.05, 0.1) is 12.7 Å². The molecule has 8 heteroatoms. The third kappa shape index (κ3) is 7.39. The third-order valence-corrected chi connectivity index (χ3v) is 3.62. The molecule has 0 aromatic rings. The van der Waals surface area contributed by atoms with Crippen LogP contribution in [0, 0.1) is 0 Å². The van der Waals surface area contributed by atoms with E-state index in [1.807, 2.05) is 0 Å². The van der Waals surface area contributed by atoms with Gasteiger partial charge in [-0.2, -0.15) is 0 Å². The molecule has 3 unspecified atom stereocenters. The highest BCUT2D eigenvalue weighted by Gasteiger charge is 2.44. The lowest BCUT2D eigenvalue weighted by Crippen LogP contribution is -2.59. The van der Waals surface area contributed by atoms with Crippen molar-refractivity contribution in [2.45, 2.75) is 82.9 Å². The fraction of sp³-hybridized carbons (Fsp3) is 0.824. The monoisotopic (exact) mass is 362 g/mol. The van der Waals surface area contributed by atoms with Gasteiger partial charge in [0.2, 0.25) is 0 Å². The Morgan fingerprint density at radius 1 is 1.20 bits per heavy atom. The van der Waals surface area contributed by atoms with Crippen molar-refractivity contribution in [1.29, 1.82) is 0 Å². The van der Waals surface area contributed by atoms with Crippen LogP contribution in [0.5, 0.6) is 0 Å². The van der Waals surface area contributed by atoms with E-state index in [9.17, 15) is 20.1 Å². The molecule has 146 valence electrons. The Balaban J connectivity index is 2.41. The number of rotatable bonds is 7. The third-order valence-electron chi connectivity index (χ3n) is 3.62. The molecule has 1 heterocycles. The second kappa shape index (κ2) is 9.61. The van der Waals surface area contributed by atoms with Crippen LogP contribution in [0.4, 0.5) is 0 Å². The van der Waals surface area contributed by atoms with Crippen LogP contribution in [0.15, 0.2) is 12.2 Å². The highest BCUT2D eigenvalue weighted by atomic mass is 16.7. The van der Waals surface area contributed by atoms with Gasteiger partial charge in [-0.1, -0.05) is 6.08 Å². The zero-order valence-electron chi connectivity index (χ0n) is 15.2. The van der Waals surface area contributed by atoms with Crippen molar-refractivity contribution in [3.63, 3.8) is 0 Å². The van der Waals surface area contributed by atoms with Gasteiger partial charge < -0.3 is 34.6 Å². The van der Waals surface area contributed by atoms with Crippen LogP contribution in [0.25, 0.3) is 0 Å². The van der Waals surface area contributed by atoms with E-state index in [0.717, 1.165) is 0 Å². The van der Waals surface area contributed by atoms with Crippen LogP contribution >= 0.6 is 0 Å². The van der Waals surface area contributed by atoms with Crippen molar-refractivity contribution >= 4 is 5.97 Å². The summed E-state index contributed by atoms with van der Waals surface area (Å²) in [5.74, 6) is -0.421. The number of hydrogen-bond acceptors (Lipinski definition) is 8.